The van der Waals surface area contributed by atoms with Gasteiger partial charge >= 0.3 is 0 Å². The molecule has 0 radical (unpaired) electrons. The average Bonchev–Trinajstić information content (AvgIpc) is 2.68. The van der Waals surface area contributed by atoms with Crippen molar-refractivity contribution in [2.24, 2.45) is 0 Å². The summed E-state index contributed by atoms with van der Waals surface area (Å²) < 4.78 is 20.8. The lowest BCUT2D eigenvalue weighted by Crippen LogP contribution is -2.13. The average molecular weight is 361 g/mol. The Morgan fingerprint density at radius 2 is 1.73 bits per heavy atom. The standard InChI is InChI=1S/C18H23N3O5/c1-23-8-7-19-16-6-5-13(11-20-16)21-18(22)12-9-14(24-2)17(26-4)15(10-12)25-3/h5-6,9-11H,7-8H2,1-4H3,(H,19,20)(H,21,22). The number of nitrogens with one attached hydrogen (secondary N) is 2. The quantitative estimate of drug-likeness (QED) is 0.663. The summed E-state index contributed by atoms with van der Waals surface area (Å²) in [4.78, 5) is 16.8. The lowest BCUT2D eigenvalue weighted by molar-refractivity contribution is 0.102. The van der Waals surface area contributed by atoms with Crippen molar-refractivity contribution in [2.75, 3.05) is 52.2 Å². The van der Waals surface area contributed by atoms with Crippen molar-refractivity contribution in [1.29, 1.82) is 0 Å². The van der Waals surface area contributed by atoms with Gasteiger partial charge in [0.1, 0.15) is 5.82 Å². The predicted octanol–water partition coefficient (Wildman–Crippen LogP) is 2.42. The van der Waals surface area contributed by atoms with E-state index in [0.717, 1.165) is 0 Å². The predicted molar refractivity (Wildman–Crippen MR) is 98.7 cm³/mol. The zero-order valence-corrected chi connectivity index (χ0v) is 15.3. The van der Waals surface area contributed by atoms with Gasteiger partial charge in [0.15, 0.2) is 11.5 Å². The number of carbonyl (C=O) groups excluding carboxylic acids is 1. The van der Waals surface area contributed by atoms with E-state index in [2.05, 4.69) is 15.6 Å². The van der Waals surface area contributed by atoms with Gasteiger partial charge in [-0.05, 0) is 24.3 Å². The van der Waals surface area contributed by atoms with Crippen LogP contribution in [0.1, 0.15) is 10.4 Å². The first kappa shape index (κ1) is 19.3. The van der Waals surface area contributed by atoms with Crippen molar-refractivity contribution in [1.82, 2.24) is 4.98 Å². The van der Waals surface area contributed by atoms with E-state index in [1.165, 1.54) is 21.3 Å². The summed E-state index contributed by atoms with van der Waals surface area (Å²) in [7, 11) is 6.14. The molecule has 0 aliphatic rings. The molecule has 140 valence electrons. The van der Waals surface area contributed by atoms with Gasteiger partial charge in [-0.1, -0.05) is 0 Å². The minimum absolute atomic E-state index is 0.314. The highest BCUT2D eigenvalue weighted by Crippen LogP contribution is 2.38. The molecular formula is C18H23N3O5. The van der Waals surface area contributed by atoms with Crippen LogP contribution in [0.2, 0.25) is 0 Å². The summed E-state index contributed by atoms with van der Waals surface area (Å²) in [6, 6.07) is 6.72. The lowest BCUT2D eigenvalue weighted by atomic mass is 10.1. The minimum Gasteiger partial charge on any atom is -0.493 e. The van der Waals surface area contributed by atoms with Gasteiger partial charge in [-0.25, -0.2) is 4.98 Å². The number of aromatic nitrogens is 1. The summed E-state index contributed by atoms with van der Waals surface area (Å²) in [6.07, 6.45) is 1.57. The Bertz CT molecular complexity index is 709. The molecule has 0 bridgehead atoms. The van der Waals surface area contributed by atoms with E-state index in [0.29, 0.717) is 47.5 Å². The van der Waals surface area contributed by atoms with Crippen molar-refractivity contribution in [3.63, 3.8) is 0 Å². The van der Waals surface area contributed by atoms with Crippen LogP contribution in [0.4, 0.5) is 11.5 Å². The molecule has 2 N–H and O–H groups in total. The highest BCUT2D eigenvalue weighted by molar-refractivity contribution is 6.05. The Balaban J connectivity index is 2.12. The summed E-state index contributed by atoms with van der Waals surface area (Å²) >= 11 is 0. The molecule has 2 aromatic rings. The minimum atomic E-state index is -0.314. The van der Waals surface area contributed by atoms with Crippen LogP contribution in [-0.2, 0) is 4.74 Å². The number of hydrogen-bond donors (Lipinski definition) is 2. The Morgan fingerprint density at radius 3 is 2.23 bits per heavy atom. The molecule has 2 rings (SSSR count). The highest BCUT2D eigenvalue weighted by Gasteiger charge is 2.17. The Kier molecular flexibility index (Phi) is 7.04. The van der Waals surface area contributed by atoms with Gasteiger partial charge in [-0.15, -0.1) is 0 Å². The molecule has 1 amide bonds. The number of hydrogen-bond acceptors (Lipinski definition) is 7. The summed E-state index contributed by atoms with van der Waals surface area (Å²) in [6.45, 7) is 1.24. The van der Waals surface area contributed by atoms with E-state index in [1.807, 2.05) is 0 Å². The molecule has 0 aliphatic heterocycles. The molecule has 8 nitrogen and oxygen atoms in total. The van der Waals surface area contributed by atoms with Crippen LogP contribution >= 0.6 is 0 Å². The Labute approximate surface area is 152 Å². The van der Waals surface area contributed by atoms with E-state index in [-0.39, 0.29) is 5.91 Å². The molecule has 0 aliphatic carbocycles. The molecule has 0 fully saturated rings. The van der Waals surface area contributed by atoms with Crippen LogP contribution in [0.25, 0.3) is 0 Å². The highest BCUT2D eigenvalue weighted by atomic mass is 16.5. The number of pyridine rings is 1. The van der Waals surface area contributed by atoms with Crippen LogP contribution in [0.3, 0.4) is 0 Å². The number of nitrogens with zero attached hydrogens (tertiary/aromatic N) is 1. The van der Waals surface area contributed by atoms with E-state index in [1.54, 1.807) is 37.6 Å². The largest absolute Gasteiger partial charge is 0.493 e. The van der Waals surface area contributed by atoms with E-state index in [9.17, 15) is 4.79 Å². The topological polar surface area (TPSA) is 90.9 Å². The number of benzene rings is 1. The van der Waals surface area contributed by atoms with Crippen LogP contribution < -0.4 is 24.8 Å². The first-order valence-corrected chi connectivity index (χ1v) is 7.93. The number of carbonyl (C=O) groups is 1. The Hall–Kier alpha value is -3.00. The van der Waals surface area contributed by atoms with Gasteiger partial charge in [0.05, 0.1) is 39.8 Å². The zero-order valence-electron chi connectivity index (χ0n) is 15.3. The fraction of sp³-hybridized carbons (Fsp3) is 0.333. The van der Waals surface area contributed by atoms with Gasteiger partial charge in [0.2, 0.25) is 5.75 Å². The fourth-order valence-electron chi connectivity index (χ4n) is 2.27. The second kappa shape index (κ2) is 9.47. The van der Waals surface area contributed by atoms with Gasteiger partial charge < -0.3 is 29.6 Å². The first-order valence-electron chi connectivity index (χ1n) is 7.93. The number of amides is 1. The van der Waals surface area contributed by atoms with Crippen molar-refractivity contribution in [3.8, 4) is 17.2 Å². The molecule has 0 atom stereocenters. The number of ether oxygens (including phenoxy) is 4. The van der Waals surface area contributed by atoms with Crippen LogP contribution in [0, 0.1) is 0 Å². The molecule has 1 aromatic heterocycles. The Morgan fingerprint density at radius 1 is 1.04 bits per heavy atom. The van der Waals surface area contributed by atoms with Gasteiger partial charge in [0.25, 0.3) is 5.91 Å². The number of anilines is 2. The smallest absolute Gasteiger partial charge is 0.255 e. The third-order valence-electron chi connectivity index (χ3n) is 3.56. The molecule has 0 unspecified atom stereocenters. The van der Waals surface area contributed by atoms with Crippen molar-refractivity contribution in [2.45, 2.75) is 0 Å². The second-order valence-electron chi connectivity index (χ2n) is 5.22. The normalized spacial score (nSPS) is 10.2. The van der Waals surface area contributed by atoms with Crippen molar-refractivity contribution >= 4 is 17.4 Å². The van der Waals surface area contributed by atoms with Crippen molar-refractivity contribution in [3.05, 3.63) is 36.0 Å². The van der Waals surface area contributed by atoms with E-state index in [4.69, 9.17) is 18.9 Å². The van der Waals surface area contributed by atoms with Crippen LogP contribution in [0.5, 0.6) is 17.2 Å². The van der Waals surface area contributed by atoms with E-state index >= 15 is 0 Å². The molecule has 1 aromatic carbocycles. The second-order valence-corrected chi connectivity index (χ2v) is 5.22. The fourth-order valence-corrected chi connectivity index (χ4v) is 2.27. The molecule has 0 spiro atoms. The monoisotopic (exact) mass is 361 g/mol. The molecular weight excluding hydrogens is 338 g/mol. The van der Waals surface area contributed by atoms with Crippen LogP contribution in [0.15, 0.2) is 30.5 Å². The van der Waals surface area contributed by atoms with Gasteiger partial charge in [0, 0.05) is 19.2 Å². The lowest BCUT2D eigenvalue weighted by Gasteiger charge is -2.14. The molecule has 0 saturated heterocycles. The maximum atomic E-state index is 12.5. The number of methoxy groups -OCH3 is 4. The molecule has 8 heteroatoms. The summed E-state index contributed by atoms with van der Waals surface area (Å²) in [5, 5.41) is 5.89. The SMILES string of the molecule is COCCNc1ccc(NC(=O)c2cc(OC)c(OC)c(OC)c2)cn1. The summed E-state index contributed by atoms with van der Waals surface area (Å²) in [5.74, 6) is 1.64. The van der Waals surface area contributed by atoms with Gasteiger partial charge in [-0.3, -0.25) is 4.79 Å². The molecule has 26 heavy (non-hydrogen) atoms. The summed E-state index contributed by atoms with van der Waals surface area (Å²) in [5.41, 5.74) is 0.947. The maximum absolute atomic E-state index is 12.5. The molecule has 0 saturated carbocycles. The van der Waals surface area contributed by atoms with E-state index < -0.39 is 0 Å². The first-order chi connectivity index (χ1) is 12.6. The number of rotatable bonds is 9. The van der Waals surface area contributed by atoms with Crippen molar-refractivity contribution < 1.29 is 23.7 Å². The maximum Gasteiger partial charge on any atom is 0.255 e. The van der Waals surface area contributed by atoms with Gasteiger partial charge in [-0.2, -0.15) is 0 Å². The van der Waals surface area contributed by atoms with Crippen LogP contribution in [-0.4, -0.2) is 52.5 Å². The zero-order chi connectivity index (χ0) is 18.9. The third-order valence-corrected chi connectivity index (χ3v) is 3.56. The molecule has 1 heterocycles. The third kappa shape index (κ3) is 4.76.